The van der Waals surface area contributed by atoms with Gasteiger partial charge in [0.1, 0.15) is 11.5 Å². The van der Waals surface area contributed by atoms with Gasteiger partial charge in [0, 0.05) is 31.9 Å². The Morgan fingerprint density at radius 3 is 2.24 bits per heavy atom. The van der Waals surface area contributed by atoms with Gasteiger partial charge in [-0.05, 0) is 72.2 Å². The van der Waals surface area contributed by atoms with Gasteiger partial charge in [-0.15, -0.1) is 5.10 Å². The fourth-order valence-corrected chi connectivity index (χ4v) is 5.26. The van der Waals surface area contributed by atoms with Gasteiger partial charge in [-0.25, -0.2) is 4.68 Å². The maximum atomic E-state index is 5.69. The predicted molar refractivity (Wildman–Crippen MR) is 132 cm³/mol. The van der Waals surface area contributed by atoms with E-state index in [0.29, 0.717) is 12.6 Å². The van der Waals surface area contributed by atoms with Gasteiger partial charge in [0.05, 0.1) is 25.8 Å². The van der Waals surface area contributed by atoms with E-state index in [1.54, 1.807) is 7.11 Å². The number of hydrogen-bond acceptors (Lipinski definition) is 7. The molecule has 8 nitrogen and oxygen atoms in total. The third kappa shape index (κ3) is 4.73. The van der Waals surface area contributed by atoms with Gasteiger partial charge in [0.2, 0.25) is 0 Å². The number of aromatic nitrogens is 4. The maximum absolute atomic E-state index is 5.69. The van der Waals surface area contributed by atoms with Crippen LogP contribution in [0.1, 0.15) is 56.1 Å². The summed E-state index contributed by atoms with van der Waals surface area (Å²) in [6.45, 7) is 6.43. The standard InChI is InChI=1S/C26H34N6O2/c1-3-34-24-12-8-20(9-13-24)25(26-27-28-29-32(26)22-6-4-5-7-22)31-18-16-30(17-19-31)21-10-14-23(33-2)15-11-21/h8-15,22,25H,3-7,16-19H2,1-2H3/t25-/m1/s1. The smallest absolute Gasteiger partial charge is 0.173 e. The van der Waals surface area contributed by atoms with Crippen molar-refractivity contribution in [2.45, 2.75) is 44.7 Å². The Bertz CT molecular complexity index is 1040. The molecule has 1 saturated heterocycles. The minimum absolute atomic E-state index is 0.0179. The quantitative estimate of drug-likeness (QED) is 0.499. The highest BCUT2D eigenvalue weighted by Gasteiger charge is 2.33. The molecular weight excluding hydrogens is 428 g/mol. The highest BCUT2D eigenvalue weighted by Crippen LogP contribution is 2.35. The van der Waals surface area contributed by atoms with E-state index >= 15 is 0 Å². The summed E-state index contributed by atoms with van der Waals surface area (Å²) in [5.41, 5.74) is 2.43. The van der Waals surface area contributed by atoms with Gasteiger partial charge in [-0.2, -0.15) is 0 Å². The summed E-state index contributed by atoms with van der Waals surface area (Å²) in [7, 11) is 1.70. The minimum atomic E-state index is 0.0179. The van der Waals surface area contributed by atoms with Crippen molar-refractivity contribution in [1.82, 2.24) is 25.1 Å². The van der Waals surface area contributed by atoms with Gasteiger partial charge in [-0.3, -0.25) is 4.90 Å². The predicted octanol–water partition coefficient (Wildman–Crippen LogP) is 4.11. The van der Waals surface area contributed by atoms with Gasteiger partial charge in [0.25, 0.3) is 0 Å². The number of methoxy groups -OCH3 is 1. The molecule has 1 aromatic heterocycles. The van der Waals surface area contributed by atoms with Crippen LogP contribution < -0.4 is 14.4 Å². The normalized spacial score (nSPS) is 18.2. The summed E-state index contributed by atoms with van der Waals surface area (Å²) in [6, 6.07) is 17.2. The first-order valence-electron chi connectivity index (χ1n) is 12.4. The highest BCUT2D eigenvalue weighted by molar-refractivity contribution is 5.49. The van der Waals surface area contributed by atoms with Crippen LogP contribution in [-0.2, 0) is 0 Å². The second-order valence-corrected chi connectivity index (χ2v) is 9.05. The van der Waals surface area contributed by atoms with E-state index in [2.05, 4.69) is 66.4 Å². The molecule has 1 saturated carbocycles. The molecule has 2 fully saturated rings. The number of benzene rings is 2. The average molecular weight is 463 g/mol. The Balaban J connectivity index is 1.39. The summed E-state index contributed by atoms with van der Waals surface area (Å²) < 4.78 is 13.1. The van der Waals surface area contributed by atoms with Gasteiger partial charge < -0.3 is 14.4 Å². The lowest BCUT2D eigenvalue weighted by Gasteiger charge is -2.40. The molecule has 0 unspecified atom stereocenters. The molecule has 3 aromatic rings. The first-order chi connectivity index (χ1) is 16.8. The topological polar surface area (TPSA) is 68.5 Å². The van der Waals surface area contributed by atoms with E-state index in [-0.39, 0.29) is 6.04 Å². The SMILES string of the molecule is CCOc1ccc([C@H](c2nnnn2C2CCCC2)N2CCN(c3ccc(OC)cc3)CC2)cc1. The van der Waals surface area contributed by atoms with E-state index in [1.165, 1.54) is 24.1 Å². The highest BCUT2D eigenvalue weighted by atomic mass is 16.5. The van der Waals surface area contributed by atoms with Crippen molar-refractivity contribution >= 4 is 5.69 Å². The second kappa shape index (κ2) is 10.4. The van der Waals surface area contributed by atoms with Crippen LogP contribution in [0.15, 0.2) is 48.5 Å². The Morgan fingerprint density at radius 1 is 0.912 bits per heavy atom. The molecule has 0 bridgehead atoms. The number of nitrogens with zero attached hydrogens (tertiary/aromatic N) is 6. The van der Waals surface area contributed by atoms with Crippen molar-refractivity contribution in [2.75, 3.05) is 44.8 Å². The van der Waals surface area contributed by atoms with Crippen LogP contribution >= 0.6 is 0 Å². The summed E-state index contributed by atoms with van der Waals surface area (Å²) in [5, 5.41) is 13.1. The molecule has 0 N–H and O–H groups in total. The number of ether oxygens (including phenoxy) is 2. The monoisotopic (exact) mass is 462 g/mol. The number of hydrogen-bond donors (Lipinski definition) is 0. The molecule has 0 amide bonds. The number of tetrazole rings is 1. The lowest BCUT2D eigenvalue weighted by molar-refractivity contribution is 0.197. The first kappa shape index (κ1) is 22.7. The molecule has 2 aliphatic rings. The Hall–Kier alpha value is -3.13. The summed E-state index contributed by atoms with van der Waals surface area (Å²) in [5.74, 6) is 2.73. The zero-order valence-corrected chi connectivity index (χ0v) is 20.1. The van der Waals surface area contributed by atoms with Crippen LogP contribution in [-0.4, -0.2) is 65.0 Å². The molecule has 0 spiro atoms. The van der Waals surface area contributed by atoms with Crippen molar-refractivity contribution in [1.29, 1.82) is 0 Å². The lowest BCUT2D eigenvalue weighted by Crippen LogP contribution is -2.48. The molecule has 2 aromatic carbocycles. The van der Waals surface area contributed by atoms with Crippen LogP contribution in [0.4, 0.5) is 5.69 Å². The van der Waals surface area contributed by atoms with Gasteiger partial charge in [0.15, 0.2) is 5.82 Å². The molecular formula is C26H34N6O2. The molecule has 1 aliphatic carbocycles. The maximum Gasteiger partial charge on any atom is 0.173 e. The average Bonchev–Trinajstić information content (AvgIpc) is 3.58. The molecule has 1 atom stereocenters. The largest absolute Gasteiger partial charge is 0.497 e. The minimum Gasteiger partial charge on any atom is -0.497 e. The molecule has 8 heteroatoms. The molecule has 34 heavy (non-hydrogen) atoms. The fourth-order valence-electron chi connectivity index (χ4n) is 5.26. The van der Waals surface area contributed by atoms with Crippen molar-refractivity contribution in [3.05, 3.63) is 59.9 Å². The lowest BCUT2D eigenvalue weighted by atomic mass is 10.0. The summed E-state index contributed by atoms with van der Waals surface area (Å²) in [4.78, 5) is 4.96. The third-order valence-electron chi connectivity index (χ3n) is 7.06. The Morgan fingerprint density at radius 2 is 1.59 bits per heavy atom. The van der Waals surface area contributed by atoms with E-state index in [4.69, 9.17) is 9.47 Å². The molecule has 1 aliphatic heterocycles. The van der Waals surface area contributed by atoms with Crippen molar-refractivity contribution in [3.8, 4) is 11.5 Å². The zero-order chi connectivity index (χ0) is 23.3. The molecule has 0 radical (unpaired) electrons. The Kier molecular flexibility index (Phi) is 6.94. The van der Waals surface area contributed by atoms with Crippen LogP contribution in [0.3, 0.4) is 0 Å². The van der Waals surface area contributed by atoms with E-state index in [9.17, 15) is 0 Å². The molecule has 2 heterocycles. The third-order valence-corrected chi connectivity index (χ3v) is 7.06. The van der Waals surface area contributed by atoms with E-state index in [0.717, 1.165) is 56.3 Å². The van der Waals surface area contributed by atoms with E-state index < -0.39 is 0 Å². The van der Waals surface area contributed by atoms with Gasteiger partial charge >= 0.3 is 0 Å². The van der Waals surface area contributed by atoms with Crippen LogP contribution in [0.25, 0.3) is 0 Å². The van der Waals surface area contributed by atoms with Crippen LogP contribution in [0.2, 0.25) is 0 Å². The summed E-state index contributed by atoms with van der Waals surface area (Å²) in [6.07, 6.45) is 4.80. The second-order valence-electron chi connectivity index (χ2n) is 9.05. The van der Waals surface area contributed by atoms with Crippen LogP contribution in [0, 0.1) is 0 Å². The molecule has 5 rings (SSSR count). The molecule has 180 valence electrons. The number of rotatable bonds is 8. The van der Waals surface area contributed by atoms with Gasteiger partial charge in [-0.1, -0.05) is 25.0 Å². The zero-order valence-electron chi connectivity index (χ0n) is 20.1. The van der Waals surface area contributed by atoms with Crippen LogP contribution in [0.5, 0.6) is 11.5 Å². The Labute approximate surface area is 201 Å². The van der Waals surface area contributed by atoms with Crippen molar-refractivity contribution < 1.29 is 9.47 Å². The fraction of sp³-hybridized carbons (Fsp3) is 0.500. The number of anilines is 1. The summed E-state index contributed by atoms with van der Waals surface area (Å²) >= 11 is 0. The number of piperazine rings is 1. The van der Waals surface area contributed by atoms with Crippen molar-refractivity contribution in [3.63, 3.8) is 0 Å². The first-order valence-corrected chi connectivity index (χ1v) is 12.4. The van der Waals surface area contributed by atoms with E-state index in [1.807, 2.05) is 19.1 Å². The van der Waals surface area contributed by atoms with Crippen molar-refractivity contribution in [2.24, 2.45) is 0 Å².